The molecule has 1 aromatic rings. The van der Waals surface area contributed by atoms with E-state index in [9.17, 15) is 23.7 Å². The van der Waals surface area contributed by atoms with Gasteiger partial charge in [-0.3, -0.25) is 14.9 Å². The molecule has 8 heteroatoms. The first-order chi connectivity index (χ1) is 9.76. The summed E-state index contributed by atoms with van der Waals surface area (Å²) in [6.07, 6.45) is 0.442. The molecule has 1 amide bonds. The Morgan fingerprint density at radius 2 is 2.19 bits per heavy atom. The minimum atomic E-state index is -3.79. The maximum Gasteiger partial charge on any atom is 0.288 e. The normalized spacial score (nSPS) is 21.7. The third kappa shape index (κ3) is 2.15. The van der Waals surface area contributed by atoms with Crippen LogP contribution in [0.3, 0.4) is 0 Å². The molecule has 0 heterocycles. The molecule has 0 fully saturated rings. The molecule has 3 N–H and O–H groups in total. The summed E-state index contributed by atoms with van der Waals surface area (Å²) in [5.41, 5.74) is 2.65. The quantitative estimate of drug-likeness (QED) is 0.645. The molecule has 1 atom stereocenters. The van der Waals surface area contributed by atoms with Gasteiger partial charge in [-0.25, -0.2) is 8.78 Å². The summed E-state index contributed by atoms with van der Waals surface area (Å²) in [4.78, 5) is 21.9. The topological polar surface area (TPSA) is 106 Å². The first-order valence-electron chi connectivity index (χ1n) is 6.32. The average molecular weight is 300 g/mol. The number of aliphatic hydroxyl groups is 1. The van der Waals surface area contributed by atoms with Crippen molar-refractivity contribution in [2.24, 2.45) is 5.73 Å². The Balaban J connectivity index is 2.75. The molecule has 0 unspecified atom stereocenters. The fraction of sp³-hybridized carbons (Fsp3) is 0.462. The van der Waals surface area contributed by atoms with Crippen LogP contribution in [0.2, 0.25) is 0 Å². The van der Waals surface area contributed by atoms with Crippen LogP contribution in [-0.2, 0) is 16.6 Å². The molecular formula is C13H14F2N2O4. The minimum absolute atomic E-state index is 0.158. The second kappa shape index (κ2) is 5.03. The van der Waals surface area contributed by atoms with Crippen molar-refractivity contribution in [3.63, 3.8) is 0 Å². The number of nitro groups is 1. The van der Waals surface area contributed by atoms with Crippen LogP contribution in [0.15, 0.2) is 18.2 Å². The fourth-order valence-electron chi connectivity index (χ4n) is 2.92. The Kier molecular flexibility index (Phi) is 3.66. The number of non-ortho nitro benzene ring substituents is 1. The molecule has 2 rings (SSSR count). The predicted octanol–water partition coefficient (Wildman–Crippen LogP) is 1.28. The zero-order chi connectivity index (χ0) is 15.8. The van der Waals surface area contributed by atoms with Crippen LogP contribution in [0, 0.1) is 10.1 Å². The molecule has 6 nitrogen and oxygen atoms in total. The Bertz CT molecular complexity index is 606. The minimum Gasteiger partial charge on any atom is -0.390 e. The number of nitrogens with zero attached hydrogens (tertiary/aromatic N) is 1. The van der Waals surface area contributed by atoms with Gasteiger partial charge in [0.2, 0.25) is 5.91 Å². The van der Waals surface area contributed by atoms with E-state index in [1.165, 1.54) is 12.1 Å². The van der Waals surface area contributed by atoms with Crippen molar-refractivity contribution >= 4 is 11.6 Å². The van der Waals surface area contributed by atoms with Gasteiger partial charge in [0, 0.05) is 12.1 Å². The molecule has 1 aliphatic carbocycles. The zero-order valence-corrected chi connectivity index (χ0v) is 11.0. The largest absolute Gasteiger partial charge is 0.390 e. The molecule has 0 saturated carbocycles. The van der Waals surface area contributed by atoms with E-state index in [-0.39, 0.29) is 18.4 Å². The van der Waals surface area contributed by atoms with Crippen LogP contribution in [0.5, 0.6) is 0 Å². The van der Waals surface area contributed by atoms with Gasteiger partial charge in [0.1, 0.15) is 12.0 Å². The number of halogens is 2. The molecule has 0 aliphatic heterocycles. The SMILES string of the molecule is NC(=O)[C@@]1(C(F)(F)CO)CCCc2ccc([N+](=O)[O-])cc21. The van der Waals surface area contributed by atoms with Gasteiger partial charge in [-0.2, -0.15) is 0 Å². The lowest BCUT2D eigenvalue weighted by Gasteiger charge is -2.41. The van der Waals surface area contributed by atoms with Gasteiger partial charge in [0.15, 0.2) is 0 Å². The number of amides is 1. The molecule has 1 aromatic carbocycles. The number of hydrogen-bond donors (Lipinski definition) is 2. The number of nitrogens with two attached hydrogens (primary N) is 1. The van der Waals surface area contributed by atoms with Gasteiger partial charge in [-0.15, -0.1) is 0 Å². The highest BCUT2D eigenvalue weighted by atomic mass is 19.3. The number of carbonyl (C=O) groups is 1. The smallest absolute Gasteiger partial charge is 0.288 e. The lowest BCUT2D eigenvalue weighted by Crippen LogP contribution is -2.58. The van der Waals surface area contributed by atoms with E-state index in [2.05, 4.69) is 0 Å². The summed E-state index contributed by atoms with van der Waals surface area (Å²) in [5, 5.41) is 19.8. The van der Waals surface area contributed by atoms with Crippen LogP contribution < -0.4 is 5.73 Å². The van der Waals surface area contributed by atoms with Crippen LogP contribution in [0.25, 0.3) is 0 Å². The highest BCUT2D eigenvalue weighted by molar-refractivity contribution is 5.89. The molecule has 1 aliphatic rings. The zero-order valence-electron chi connectivity index (χ0n) is 11.0. The summed E-state index contributed by atoms with van der Waals surface area (Å²) in [7, 11) is 0. The number of benzene rings is 1. The Morgan fingerprint density at radius 1 is 1.52 bits per heavy atom. The molecule has 0 spiro atoms. The number of fused-ring (bicyclic) bond motifs is 1. The maximum absolute atomic E-state index is 14.2. The summed E-state index contributed by atoms with van der Waals surface area (Å²) in [6, 6.07) is 3.52. The van der Waals surface area contributed by atoms with Crippen molar-refractivity contribution in [2.75, 3.05) is 6.61 Å². The van der Waals surface area contributed by atoms with Crippen LogP contribution in [0.4, 0.5) is 14.5 Å². The lowest BCUT2D eigenvalue weighted by molar-refractivity contribution is -0.385. The number of nitro benzene ring substituents is 1. The number of primary amides is 1. The van der Waals surface area contributed by atoms with Gasteiger partial charge in [0.05, 0.1) is 4.92 Å². The standard InChI is InChI=1S/C13H14F2N2O4/c14-13(15,7-18)12(11(16)19)5-1-2-8-3-4-9(17(20)21)6-10(8)12/h3-4,6,18H,1-2,5,7H2,(H2,16,19)/t12-/m1/s1. The van der Waals surface area contributed by atoms with E-state index < -0.39 is 34.5 Å². The Morgan fingerprint density at radius 3 is 2.71 bits per heavy atom. The lowest BCUT2D eigenvalue weighted by atomic mass is 9.65. The molecule has 0 radical (unpaired) electrons. The Hall–Kier alpha value is -2.09. The monoisotopic (exact) mass is 300 g/mol. The van der Waals surface area contributed by atoms with Crippen molar-refractivity contribution in [2.45, 2.75) is 30.6 Å². The van der Waals surface area contributed by atoms with Gasteiger partial charge < -0.3 is 10.8 Å². The predicted molar refractivity (Wildman–Crippen MR) is 68.9 cm³/mol. The van der Waals surface area contributed by atoms with Crippen LogP contribution >= 0.6 is 0 Å². The second-order valence-corrected chi connectivity index (χ2v) is 5.08. The number of rotatable bonds is 4. The third-order valence-corrected chi connectivity index (χ3v) is 4.01. The Labute approximate surface area is 118 Å². The van der Waals surface area contributed by atoms with Crippen molar-refractivity contribution in [1.82, 2.24) is 0 Å². The summed E-state index contributed by atoms with van der Waals surface area (Å²) in [5.74, 6) is -5.08. The molecule has 21 heavy (non-hydrogen) atoms. The fourth-order valence-corrected chi connectivity index (χ4v) is 2.92. The number of aliphatic hydroxyl groups excluding tert-OH is 1. The van der Waals surface area contributed by atoms with E-state index in [0.717, 1.165) is 6.07 Å². The van der Waals surface area contributed by atoms with Crippen LogP contribution in [-0.4, -0.2) is 28.5 Å². The van der Waals surface area contributed by atoms with E-state index in [1.54, 1.807) is 0 Å². The average Bonchev–Trinajstić information content (AvgIpc) is 2.45. The molecular weight excluding hydrogens is 286 g/mol. The van der Waals surface area contributed by atoms with Crippen molar-refractivity contribution in [1.29, 1.82) is 0 Å². The van der Waals surface area contributed by atoms with Gasteiger partial charge in [-0.05, 0) is 30.4 Å². The first-order valence-corrected chi connectivity index (χ1v) is 6.32. The van der Waals surface area contributed by atoms with E-state index in [1.807, 2.05) is 0 Å². The molecule has 114 valence electrons. The molecule has 0 aromatic heterocycles. The third-order valence-electron chi connectivity index (χ3n) is 4.01. The highest BCUT2D eigenvalue weighted by Gasteiger charge is 2.60. The summed E-state index contributed by atoms with van der Waals surface area (Å²) in [6.45, 7) is -1.56. The number of aryl methyl sites for hydroxylation is 1. The molecule has 0 saturated heterocycles. The summed E-state index contributed by atoms with van der Waals surface area (Å²) >= 11 is 0. The maximum atomic E-state index is 14.2. The molecule has 0 bridgehead atoms. The van der Waals surface area contributed by atoms with Gasteiger partial charge in [-0.1, -0.05) is 6.07 Å². The second-order valence-electron chi connectivity index (χ2n) is 5.08. The van der Waals surface area contributed by atoms with Gasteiger partial charge in [0.25, 0.3) is 11.6 Å². The first kappa shape index (κ1) is 15.3. The van der Waals surface area contributed by atoms with Crippen molar-refractivity contribution < 1.29 is 23.6 Å². The van der Waals surface area contributed by atoms with E-state index in [4.69, 9.17) is 10.8 Å². The van der Waals surface area contributed by atoms with Gasteiger partial charge >= 0.3 is 0 Å². The van der Waals surface area contributed by atoms with E-state index in [0.29, 0.717) is 12.0 Å². The van der Waals surface area contributed by atoms with E-state index >= 15 is 0 Å². The highest BCUT2D eigenvalue weighted by Crippen LogP contribution is 2.48. The summed E-state index contributed by atoms with van der Waals surface area (Å²) < 4.78 is 28.5. The number of hydrogen-bond acceptors (Lipinski definition) is 4. The van der Waals surface area contributed by atoms with Crippen LogP contribution in [0.1, 0.15) is 24.0 Å². The number of carbonyl (C=O) groups excluding carboxylic acids is 1. The van der Waals surface area contributed by atoms with Crippen molar-refractivity contribution in [3.05, 3.63) is 39.4 Å². The van der Waals surface area contributed by atoms with Crippen molar-refractivity contribution in [3.8, 4) is 0 Å². The number of alkyl halides is 2.